The quantitative estimate of drug-likeness (QED) is 0.601. The normalized spacial score (nSPS) is 11.2. The number of nitrogens with zero attached hydrogens (tertiary/aromatic N) is 4. The number of carbonyl (C=O) groups is 1. The predicted molar refractivity (Wildman–Crippen MR) is 111 cm³/mol. The van der Waals surface area contributed by atoms with Crippen molar-refractivity contribution in [3.8, 4) is 11.4 Å². The third-order valence-corrected chi connectivity index (χ3v) is 4.87. The number of carbonyl (C=O) groups excluding carboxylic acids is 1. The molecule has 0 bridgehead atoms. The maximum atomic E-state index is 12.3. The molecule has 1 amide bonds. The Morgan fingerprint density at radius 3 is 2.59 bits per heavy atom. The second-order valence-electron chi connectivity index (χ2n) is 7.30. The van der Waals surface area contributed by atoms with E-state index in [1.807, 2.05) is 24.3 Å². The van der Waals surface area contributed by atoms with Gasteiger partial charge in [0, 0.05) is 49.9 Å². The van der Waals surface area contributed by atoms with E-state index in [2.05, 4.69) is 58.4 Å². The van der Waals surface area contributed by atoms with Crippen LogP contribution < -0.4 is 5.32 Å². The Labute approximate surface area is 171 Å². The Hall–Kier alpha value is -3.06. The van der Waals surface area contributed by atoms with Gasteiger partial charge in [0.2, 0.25) is 17.6 Å². The summed E-state index contributed by atoms with van der Waals surface area (Å²) in [6.07, 6.45) is 4.05. The Morgan fingerprint density at radius 2 is 1.86 bits per heavy atom. The largest absolute Gasteiger partial charge is 0.352 e. The van der Waals surface area contributed by atoms with Crippen LogP contribution in [0.1, 0.15) is 37.3 Å². The number of hydrogen-bond acceptors (Lipinski definition) is 6. The van der Waals surface area contributed by atoms with Crippen LogP contribution >= 0.6 is 0 Å². The lowest BCUT2D eigenvalue weighted by Crippen LogP contribution is -2.27. The first-order valence-corrected chi connectivity index (χ1v) is 9.79. The first-order valence-electron chi connectivity index (χ1n) is 9.79. The van der Waals surface area contributed by atoms with E-state index < -0.39 is 0 Å². The van der Waals surface area contributed by atoms with Gasteiger partial charge in [-0.2, -0.15) is 4.98 Å². The number of nitrogens with one attached hydrogen (secondary N) is 1. The number of rotatable bonds is 9. The van der Waals surface area contributed by atoms with Crippen LogP contribution in [0.5, 0.6) is 0 Å². The Morgan fingerprint density at radius 1 is 1.14 bits per heavy atom. The van der Waals surface area contributed by atoms with E-state index in [1.165, 1.54) is 5.56 Å². The molecule has 0 aliphatic rings. The zero-order valence-electron chi connectivity index (χ0n) is 17.1. The highest BCUT2D eigenvalue weighted by atomic mass is 16.5. The molecule has 3 aromatic rings. The van der Waals surface area contributed by atoms with Crippen molar-refractivity contribution in [1.82, 2.24) is 25.3 Å². The molecule has 0 fully saturated rings. The fourth-order valence-electron chi connectivity index (χ4n) is 2.81. The summed E-state index contributed by atoms with van der Waals surface area (Å²) in [5.41, 5.74) is 3.19. The molecule has 3 rings (SSSR count). The van der Waals surface area contributed by atoms with Gasteiger partial charge in [-0.3, -0.25) is 14.7 Å². The van der Waals surface area contributed by atoms with E-state index in [0.29, 0.717) is 37.1 Å². The van der Waals surface area contributed by atoms with E-state index in [9.17, 15) is 4.79 Å². The van der Waals surface area contributed by atoms with Crippen LogP contribution in [0.4, 0.5) is 0 Å². The minimum absolute atomic E-state index is 0.0410. The van der Waals surface area contributed by atoms with E-state index in [-0.39, 0.29) is 5.91 Å². The van der Waals surface area contributed by atoms with E-state index in [1.54, 1.807) is 12.4 Å². The van der Waals surface area contributed by atoms with Gasteiger partial charge in [0.1, 0.15) is 0 Å². The molecule has 0 radical (unpaired) electrons. The Kier molecular flexibility index (Phi) is 7.08. The van der Waals surface area contributed by atoms with Crippen LogP contribution in [0, 0.1) is 0 Å². The molecular formula is C22H27N5O2. The average molecular weight is 393 g/mol. The highest BCUT2D eigenvalue weighted by Gasteiger charge is 2.12. The molecule has 2 aromatic heterocycles. The minimum Gasteiger partial charge on any atom is -0.352 e. The first kappa shape index (κ1) is 20.7. The highest BCUT2D eigenvalue weighted by Crippen LogP contribution is 2.15. The SMILES string of the molecule is CC(C)N(C)Cc1ccccc1CNC(=O)CCc1nc(-c2ccncc2)no1. The minimum atomic E-state index is -0.0410. The summed E-state index contributed by atoms with van der Waals surface area (Å²) in [5, 5.41) is 6.96. The summed E-state index contributed by atoms with van der Waals surface area (Å²) in [5.74, 6) is 0.914. The summed E-state index contributed by atoms with van der Waals surface area (Å²) in [6, 6.07) is 12.3. The Balaban J connectivity index is 1.50. The summed E-state index contributed by atoms with van der Waals surface area (Å²) < 4.78 is 5.25. The summed E-state index contributed by atoms with van der Waals surface area (Å²) >= 11 is 0. The zero-order chi connectivity index (χ0) is 20.6. The van der Waals surface area contributed by atoms with Gasteiger partial charge < -0.3 is 9.84 Å². The molecular weight excluding hydrogens is 366 g/mol. The third-order valence-electron chi connectivity index (χ3n) is 4.87. The third kappa shape index (κ3) is 5.96. The van der Waals surface area contributed by atoms with Gasteiger partial charge in [0.15, 0.2) is 0 Å². The van der Waals surface area contributed by atoms with Crippen LogP contribution in [0.3, 0.4) is 0 Å². The van der Waals surface area contributed by atoms with Crippen molar-refractivity contribution in [3.05, 3.63) is 65.8 Å². The van der Waals surface area contributed by atoms with Crippen molar-refractivity contribution >= 4 is 5.91 Å². The second kappa shape index (κ2) is 9.93. The van der Waals surface area contributed by atoms with Crippen molar-refractivity contribution in [2.24, 2.45) is 0 Å². The van der Waals surface area contributed by atoms with Crippen molar-refractivity contribution in [2.75, 3.05) is 7.05 Å². The molecule has 7 heteroatoms. The second-order valence-corrected chi connectivity index (χ2v) is 7.30. The molecule has 0 saturated heterocycles. The van der Waals surface area contributed by atoms with E-state index in [4.69, 9.17) is 4.52 Å². The monoisotopic (exact) mass is 393 g/mol. The molecule has 152 valence electrons. The van der Waals surface area contributed by atoms with E-state index >= 15 is 0 Å². The van der Waals surface area contributed by atoms with Crippen molar-refractivity contribution < 1.29 is 9.32 Å². The molecule has 0 atom stereocenters. The number of hydrogen-bond donors (Lipinski definition) is 1. The average Bonchev–Trinajstić information content (AvgIpc) is 3.21. The number of aryl methyl sites for hydroxylation is 1. The molecule has 1 N–H and O–H groups in total. The van der Waals surface area contributed by atoms with Gasteiger partial charge in [-0.15, -0.1) is 0 Å². The molecule has 0 spiro atoms. The molecule has 0 aliphatic heterocycles. The van der Waals surface area contributed by atoms with Gasteiger partial charge in [0.25, 0.3) is 0 Å². The maximum absolute atomic E-state index is 12.3. The van der Waals surface area contributed by atoms with Crippen LogP contribution in [0.15, 0.2) is 53.3 Å². The fraction of sp³-hybridized carbons (Fsp3) is 0.364. The van der Waals surface area contributed by atoms with Gasteiger partial charge in [0.05, 0.1) is 0 Å². The van der Waals surface area contributed by atoms with Gasteiger partial charge >= 0.3 is 0 Å². The summed E-state index contributed by atoms with van der Waals surface area (Å²) in [4.78, 5) is 22.9. The molecule has 1 aromatic carbocycles. The zero-order valence-corrected chi connectivity index (χ0v) is 17.1. The van der Waals surface area contributed by atoms with Gasteiger partial charge in [-0.25, -0.2) is 0 Å². The molecule has 2 heterocycles. The van der Waals surface area contributed by atoms with E-state index in [0.717, 1.165) is 17.7 Å². The van der Waals surface area contributed by atoms with Crippen LogP contribution in [-0.4, -0.2) is 39.0 Å². The fourth-order valence-corrected chi connectivity index (χ4v) is 2.81. The topological polar surface area (TPSA) is 84.2 Å². The number of aromatic nitrogens is 3. The van der Waals surface area contributed by atoms with Crippen LogP contribution in [0.2, 0.25) is 0 Å². The molecule has 0 aliphatic carbocycles. The first-order chi connectivity index (χ1) is 14.0. The van der Waals surface area contributed by atoms with Crippen molar-refractivity contribution in [2.45, 2.75) is 45.8 Å². The lowest BCUT2D eigenvalue weighted by molar-refractivity contribution is -0.121. The standard InChI is InChI=1S/C22H27N5O2/c1-16(2)27(3)15-19-7-5-4-6-18(19)14-24-20(28)8-9-21-25-22(26-29-21)17-10-12-23-13-11-17/h4-7,10-13,16H,8-9,14-15H2,1-3H3,(H,24,28). The highest BCUT2D eigenvalue weighted by molar-refractivity contribution is 5.76. The number of pyridine rings is 1. The smallest absolute Gasteiger partial charge is 0.227 e. The number of amides is 1. The van der Waals surface area contributed by atoms with Gasteiger partial charge in [-0.05, 0) is 44.2 Å². The lowest BCUT2D eigenvalue weighted by Gasteiger charge is -2.22. The lowest BCUT2D eigenvalue weighted by atomic mass is 10.1. The van der Waals surface area contributed by atoms with Crippen LogP contribution in [0.25, 0.3) is 11.4 Å². The molecule has 7 nitrogen and oxygen atoms in total. The molecule has 29 heavy (non-hydrogen) atoms. The number of benzene rings is 1. The maximum Gasteiger partial charge on any atom is 0.227 e. The van der Waals surface area contributed by atoms with Crippen LogP contribution in [-0.2, 0) is 24.3 Å². The predicted octanol–water partition coefficient (Wildman–Crippen LogP) is 3.22. The van der Waals surface area contributed by atoms with Gasteiger partial charge in [-0.1, -0.05) is 29.4 Å². The molecule has 0 saturated carbocycles. The van der Waals surface area contributed by atoms with Crippen molar-refractivity contribution in [1.29, 1.82) is 0 Å². The summed E-state index contributed by atoms with van der Waals surface area (Å²) in [6.45, 7) is 5.69. The molecule has 0 unspecified atom stereocenters. The summed E-state index contributed by atoms with van der Waals surface area (Å²) in [7, 11) is 2.10. The van der Waals surface area contributed by atoms with Crippen molar-refractivity contribution in [3.63, 3.8) is 0 Å². The Bertz CT molecular complexity index is 924.